The summed E-state index contributed by atoms with van der Waals surface area (Å²) in [4.78, 5) is 4.02. The van der Waals surface area contributed by atoms with Crippen LogP contribution in [0.25, 0.3) is 0 Å². The first kappa shape index (κ1) is 12.5. The summed E-state index contributed by atoms with van der Waals surface area (Å²) in [6, 6.07) is 8.26. The molecule has 4 heteroatoms. The minimum Gasteiger partial charge on any atom is -0.495 e. The Morgan fingerprint density at radius 3 is 2.83 bits per heavy atom. The van der Waals surface area contributed by atoms with Gasteiger partial charge < -0.3 is 10.1 Å². The Kier molecular flexibility index (Phi) is 3.89. The number of aromatic nitrogens is 1. The standard InChI is InChI=1S/C14H15FN2O/c1-16-14(10-4-3-5-11(15)8-10)12-6-7-17-9-13(12)18-2/h3-9,14,16H,1-2H3. The van der Waals surface area contributed by atoms with E-state index in [-0.39, 0.29) is 11.9 Å². The third-order valence-corrected chi connectivity index (χ3v) is 2.82. The number of pyridine rings is 1. The van der Waals surface area contributed by atoms with Gasteiger partial charge in [-0.1, -0.05) is 12.1 Å². The number of nitrogens with one attached hydrogen (secondary N) is 1. The number of hydrogen-bond donors (Lipinski definition) is 1. The smallest absolute Gasteiger partial charge is 0.142 e. The molecule has 3 nitrogen and oxygen atoms in total. The van der Waals surface area contributed by atoms with Crippen LogP contribution in [-0.4, -0.2) is 19.1 Å². The van der Waals surface area contributed by atoms with Gasteiger partial charge in [-0.2, -0.15) is 0 Å². The highest BCUT2D eigenvalue weighted by atomic mass is 19.1. The number of nitrogens with zero attached hydrogens (tertiary/aromatic N) is 1. The second-order valence-corrected chi connectivity index (χ2v) is 3.89. The van der Waals surface area contributed by atoms with Crippen molar-refractivity contribution >= 4 is 0 Å². The Morgan fingerprint density at radius 1 is 1.33 bits per heavy atom. The molecule has 0 fully saturated rings. The number of rotatable bonds is 4. The van der Waals surface area contributed by atoms with Crippen molar-refractivity contribution in [2.75, 3.05) is 14.2 Å². The third kappa shape index (κ3) is 2.49. The normalized spacial score (nSPS) is 12.2. The zero-order valence-electron chi connectivity index (χ0n) is 10.4. The summed E-state index contributed by atoms with van der Waals surface area (Å²) >= 11 is 0. The van der Waals surface area contributed by atoms with Crippen LogP contribution in [0.3, 0.4) is 0 Å². The highest BCUT2D eigenvalue weighted by Crippen LogP contribution is 2.28. The number of benzene rings is 1. The van der Waals surface area contributed by atoms with Crippen molar-refractivity contribution in [1.29, 1.82) is 0 Å². The number of ether oxygens (including phenoxy) is 1. The Hall–Kier alpha value is -1.94. The van der Waals surface area contributed by atoms with Crippen molar-refractivity contribution in [1.82, 2.24) is 10.3 Å². The fraction of sp³-hybridized carbons (Fsp3) is 0.214. The fourth-order valence-corrected chi connectivity index (χ4v) is 1.99. The molecule has 18 heavy (non-hydrogen) atoms. The third-order valence-electron chi connectivity index (χ3n) is 2.82. The molecule has 94 valence electrons. The molecule has 0 saturated heterocycles. The lowest BCUT2D eigenvalue weighted by Gasteiger charge is -2.19. The molecule has 1 atom stereocenters. The first-order valence-corrected chi connectivity index (χ1v) is 5.67. The summed E-state index contributed by atoms with van der Waals surface area (Å²) in [5.41, 5.74) is 1.78. The van der Waals surface area contributed by atoms with Crippen LogP contribution < -0.4 is 10.1 Å². The van der Waals surface area contributed by atoms with Crippen LogP contribution >= 0.6 is 0 Å². The van der Waals surface area contributed by atoms with E-state index in [2.05, 4.69) is 10.3 Å². The minimum atomic E-state index is -0.249. The molecule has 0 saturated carbocycles. The lowest BCUT2D eigenvalue weighted by Crippen LogP contribution is -2.18. The van der Waals surface area contributed by atoms with Gasteiger partial charge in [0.05, 0.1) is 19.3 Å². The van der Waals surface area contributed by atoms with Crippen LogP contribution in [0.15, 0.2) is 42.7 Å². The molecular weight excluding hydrogens is 231 g/mol. The van der Waals surface area contributed by atoms with E-state index in [9.17, 15) is 4.39 Å². The van der Waals surface area contributed by atoms with Gasteiger partial charge in [0.1, 0.15) is 11.6 Å². The summed E-state index contributed by atoms with van der Waals surface area (Å²) in [6.07, 6.45) is 3.35. The van der Waals surface area contributed by atoms with Gasteiger partial charge in [0, 0.05) is 11.8 Å². The van der Waals surface area contributed by atoms with Crippen molar-refractivity contribution in [3.05, 3.63) is 59.7 Å². The lowest BCUT2D eigenvalue weighted by atomic mass is 9.99. The quantitative estimate of drug-likeness (QED) is 0.900. The largest absolute Gasteiger partial charge is 0.495 e. The highest BCUT2D eigenvalue weighted by Gasteiger charge is 2.16. The van der Waals surface area contributed by atoms with Crippen LogP contribution in [0.4, 0.5) is 4.39 Å². The molecule has 1 unspecified atom stereocenters. The topological polar surface area (TPSA) is 34.2 Å². The van der Waals surface area contributed by atoms with Crippen LogP contribution in [0.2, 0.25) is 0 Å². The molecular formula is C14H15FN2O. The first-order valence-electron chi connectivity index (χ1n) is 5.67. The summed E-state index contributed by atoms with van der Waals surface area (Å²) < 4.78 is 18.6. The monoisotopic (exact) mass is 246 g/mol. The SMILES string of the molecule is CNC(c1cccc(F)c1)c1ccncc1OC. The van der Waals surface area contributed by atoms with Crippen LogP contribution in [-0.2, 0) is 0 Å². The predicted molar refractivity (Wildman–Crippen MR) is 68.1 cm³/mol. The Morgan fingerprint density at radius 2 is 2.17 bits per heavy atom. The van der Waals surface area contributed by atoms with Crippen molar-refractivity contribution in [2.24, 2.45) is 0 Å². The minimum absolute atomic E-state index is 0.126. The molecule has 1 aromatic carbocycles. The summed E-state index contributed by atoms with van der Waals surface area (Å²) in [5.74, 6) is 0.432. The average molecular weight is 246 g/mol. The molecule has 0 amide bonds. The molecule has 0 spiro atoms. The molecule has 0 aliphatic heterocycles. The van der Waals surface area contributed by atoms with Gasteiger partial charge in [-0.15, -0.1) is 0 Å². The molecule has 1 heterocycles. The molecule has 1 N–H and O–H groups in total. The molecule has 0 aliphatic carbocycles. The van der Waals surface area contributed by atoms with Gasteiger partial charge >= 0.3 is 0 Å². The maximum atomic E-state index is 13.3. The van der Waals surface area contributed by atoms with Crippen LogP contribution in [0.1, 0.15) is 17.2 Å². The second-order valence-electron chi connectivity index (χ2n) is 3.89. The first-order chi connectivity index (χ1) is 8.76. The van der Waals surface area contributed by atoms with E-state index < -0.39 is 0 Å². The Balaban J connectivity index is 2.45. The van der Waals surface area contributed by atoms with Gasteiger partial charge in [0.15, 0.2) is 0 Å². The van der Waals surface area contributed by atoms with E-state index in [1.807, 2.05) is 19.2 Å². The highest BCUT2D eigenvalue weighted by molar-refractivity contribution is 5.39. The Bertz CT molecular complexity index is 531. The van der Waals surface area contributed by atoms with Crippen molar-refractivity contribution < 1.29 is 9.13 Å². The zero-order valence-corrected chi connectivity index (χ0v) is 10.4. The van der Waals surface area contributed by atoms with E-state index in [0.29, 0.717) is 5.75 Å². The Labute approximate surface area is 106 Å². The maximum Gasteiger partial charge on any atom is 0.142 e. The van der Waals surface area contributed by atoms with Crippen molar-refractivity contribution in [2.45, 2.75) is 6.04 Å². The molecule has 2 rings (SSSR count). The number of hydrogen-bond acceptors (Lipinski definition) is 3. The van der Waals surface area contributed by atoms with Gasteiger partial charge in [-0.25, -0.2) is 4.39 Å². The summed E-state index contributed by atoms with van der Waals surface area (Å²) in [7, 11) is 3.42. The van der Waals surface area contributed by atoms with Crippen LogP contribution in [0, 0.1) is 5.82 Å². The fourth-order valence-electron chi connectivity index (χ4n) is 1.99. The number of methoxy groups -OCH3 is 1. The van der Waals surface area contributed by atoms with E-state index in [1.165, 1.54) is 12.1 Å². The van der Waals surface area contributed by atoms with E-state index in [1.54, 1.807) is 25.6 Å². The predicted octanol–water partition coefficient (Wildman–Crippen LogP) is 2.54. The maximum absolute atomic E-state index is 13.3. The molecule has 0 radical (unpaired) electrons. The zero-order chi connectivity index (χ0) is 13.0. The lowest BCUT2D eigenvalue weighted by molar-refractivity contribution is 0.403. The molecule has 2 aromatic rings. The van der Waals surface area contributed by atoms with Crippen LogP contribution in [0.5, 0.6) is 5.75 Å². The average Bonchev–Trinajstić information content (AvgIpc) is 2.40. The van der Waals surface area contributed by atoms with Gasteiger partial charge in [0.25, 0.3) is 0 Å². The molecule has 0 bridgehead atoms. The van der Waals surface area contributed by atoms with E-state index >= 15 is 0 Å². The molecule has 0 aliphatic rings. The van der Waals surface area contributed by atoms with Gasteiger partial charge in [-0.3, -0.25) is 4.98 Å². The van der Waals surface area contributed by atoms with Gasteiger partial charge in [0.2, 0.25) is 0 Å². The van der Waals surface area contributed by atoms with Crippen molar-refractivity contribution in [3.8, 4) is 5.75 Å². The van der Waals surface area contributed by atoms with Gasteiger partial charge in [-0.05, 0) is 30.8 Å². The van der Waals surface area contributed by atoms with E-state index in [0.717, 1.165) is 11.1 Å². The van der Waals surface area contributed by atoms with Crippen molar-refractivity contribution in [3.63, 3.8) is 0 Å². The summed E-state index contributed by atoms with van der Waals surface area (Å²) in [6.45, 7) is 0. The van der Waals surface area contributed by atoms with E-state index in [4.69, 9.17) is 4.74 Å². The second kappa shape index (κ2) is 5.60. The summed E-state index contributed by atoms with van der Waals surface area (Å²) in [5, 5.41) is 3.16. The number of halogens is 1. The molecule has 1 aromatic heterocycles.